The monoisotopic (exact) mass is 200 g/mol. The van der Waals surface area contributed by atoms with Crippen molar-refractivity contribution < 1.29 is 13.0 Å². The van der Waals surface area contributed by atoms with Crippen LogP contribution in [0.3, 0.4) is 0 Å². The van der Waals surface area contributed by atoms with Gasteiger partial charge in [-0.15, -0.1) is 0 Å². The van der Waals surface area contributed by atoms with Crippen LogP contribution in [-0.4, -0.2) is 24.5 Å². The predicted molar refractivity (Wildman–Crippen MR) is 50.9 cm³/mol. The maximum atomic E-state index is 9.79. The number of hydrogen-bond acceptors (Lipinski definition) is 3. The summed E-state index contributed by atoms with van der Waals surface area (Å²) >= 11 is 3.92. The Bertz CT molecular complexity index is 149. The zero-order chi connectivity index (χ0) is 9.33. The van der Waals surface area contributed by atoms with E-state index in [-0.39, 0.29) is 5.75 Å². The molecule has 70 valence electrons. The normalized spacial score (nSPS) is 10.2. The van der Waals surface area contributed by atoms with Crippen LogP contribution in [0.2, 0.25) is 0 Å². The maximum absolute atomic E-state index is 9.79. The Morgan fingerprint density at radius 2 is 1.64 bits per heavy atom. The van der Waals surface area contributed by atoms with E-state index in [1.165, 1.54) is 6.42 Å². The molecule has 0 atom stereocenters. The van der Waals surface area contributed by atoms with Crippen LogP contribution in [-0.2, 0) is 10.1 Å². The second-order valence-corrected chi connectivity index (χ2v) is 4.03. The highest BCUT2D eigenvalue weighted by Crippen LogP contribution is 1.83. The molecule has 0 radical (unpaired) electrons. The lowest BCUT2D eigenvalue weighted by Gasteiger charge is -1.85. The molecule has 0 aliphatic heterocycles. The first-order valence-electron chi connectivity index (χ1n) is 3.54. The minimum Gasteiger partial charge on any atom is -0.286 e. The van der Waals surface area contributed by atoms with Gasteiger partial charge in [-0.2, -0.15) is 21.0 Å². The first-order valence-corrected chi connectivity index (χ1v) is 5.78. The van der Waals surface area contributed by atoms with Gasteiger partial charge in [-0.05, 0) is 18.6 Å². The first kappa shape index (κ1) is 13.8. The fraction of sp³-hybridized carbons (Fsp3) is 1.00. The van der Waals surface area contributed by atoms with Crippen molar-refractivity contribution in [1.82, 2.24) is 0 Å². The lowest BCUT2D eigenvalue weighted by atomic mass is 10.6. The summed E-state index contributed by atoms with van der Waals surface area (Å²) in [6, 6.07) is 0. The average Bonchev–Trinajstić information content (AvgIpc) is 1.86. The Balaban J connectivity index is 0. The van der Waals surface area contributed by atoms with Crippen molar-refractivity contribution in [2.75, 3.05) is 11.5 Å². The third-order valence-corrected chi connectivity index (χ3v) is 2.06. The summed E-state index contributed by atoms with van der Waals surface area (Å²) in [5.74, 6) is 0.882. The van der Waals surface area contributed by atoms with Crippen LogP contribution in [0.4, 0.5) is 0 Å². The Morgan fingerprint density at radius 1 is 1.27 bits per heavy atom. The quantitative estimate of drug-likeness (QED) is 0.537. The third kappa shape index (κ3) is 25.3. The molecule has 0 aromatic rings. The van der Waals surface area contributed by atoms with E-state index in [4.69, 9.17) is 4.55 Å². The van der Waals surface area contributed by atoms with Gasteiger partial charge in [0.05, 0.1) is 5.75 Å². The molecular formula is C6H16O3S2. The lowest BCUT2D eigenvalue weighted by Crippen LogP contribution is -2.01. The molecule has 0 bridgehead atoms. The molecule has 0 aliphatic rings. The second-order valence-electron chi connectivity index (χ2n) is 2.01. The van der Waals surface area contributed by atoms with Gasteiger partial charge in [0.25, 0.3) is 10.1 Å². The lowest BCUT2D eigenvalue weighted by molar-refractivity contribution is 0.482. The SMILES string of the molecule is CCCS.CCCS(=O)(=O)O. The van der Waals surface area contributed by atoms with Gasteiger partial charge in [0.2, 0.25) is 0 Å². The van der Waals surface area contributed by atoms with Gasteiger partial charge in [-0.1, -0.05) is 13.8 Å². The molecule has 3 nitrogen and oxygen atoms in total. The van der Waals surface area contributed by atoms with Crippen LogP contribution < -0.4 is 0 Å². The van der Waals surface area contributed by atoms with Crippen LogP contribution in [0.15, 0.2) is 0 Å². The van der Waals surface area contributed by atoms with Crippen LogP contribution in [0.5, 0.6) is 0 Å². The van der Waals surface area contributed by atoms with E-state index in [1.54, 1.807) is 6.92 Å². The highest BCUT2D eigenvalue weighted by atomic mass is 32.2. The molecule has 11 heavy (non-hydrogen) atoms. The molecule has 1 N–H and O–H groups in total. The standard InChI is InChI=1S/C3H8O3S.C3H8S/c1-2-3-7(4,5)6;1-2-3-4/h2-3H2,1H3,(H,4,5,6);4H,2-3H2,1H3. The molecule has 0 amide bonds. The molecule has 0 rings (SSSR count). The number of hydrogen-bond donors (Lipinski definition) is 2. The van der Waals surface area contributed by atoms with Crippen LogP contribution in [0, 0.1) is 0 Å². The molecule has 0 aromatic carbocycles. The smallest absolute Gasteiger partial charge is 0.264 e. The molecule has 0 saturated carbocycles. The molecule has 0 fully saturated rings. The summed E-state index contributed by atoms with van der Waals surface area (Å²) in [6.07, 6.45) is 1.65. The Morgan fingerprint density at radius 3 is 1.64 bits per heavy atom. The van der Waals surface area contributed by atoms with Crippen LogP contribution >= 0.6 is 12.6 Å². The molecular weight excluding hydrogens is 184 g/mol. The van der Waals surface area contributed by atoms with Crippen molar-refractivity contribution in [3.63, 3.8) is 0 Å². The minimum absolute atomic E-state index is 0.132. The molecule has 0 spiro atoms. The predicted octanol–water partition coefficient (Wildman–Crippen LogP) is 1.61. The Labute approximate surface area is 74.4 Å². The molecule has 5 heteroatoms. The van der Waals surface area contributed by atoms with Crippen molar-refractivity contribution in [2.45, 2.75) is 26.7 Å². The third-order valence-electron chi connectivity index (χ3n) is 0.686. The van der Waals surface area contributed by atoms with E-state index in [9.17, 15) is 8.42 Å². The molecule has 0 aromatic heterocycles. The van der Waals surface area contributed by atoms with Crippen molar-refractivity contribution in [3.05, 3.63) is 0 Å². The average molecular weight is 200 g/mol. The van der Waals surface area contributed by atoms with Gasteiger partial charge in [0.1, 0.15) is 0 Å². The van der Waals surface area contributed by atoms with E-state index in [1.807, 2.05) is 0 Å². The van der Waals surface area contributed by atoms with Gasteiger partial charge >= 0.3 is 0 Å². The van der Waals surface area contributed by atoms with Gasteiger partial charge in [0.15, 0.2) is 0 Å². The fourth-order valence-electron chi connectivity index (χ4n) is 0.258. The summed E-state index contributed by atoms with van der Waals surface area (Å²) in [4.78, 5) is 0. The van der Waals surface area contributed by atoms with Crippen molar-refractivity contribution in [1.29, 1.82) is 0 Å². The van der Waals surface area contributed by atoms with Crippen LogP contribution in [0.1, 0.15) is 26.7 Å². The Kier molecular flexibility index (Phi) is 10.5. The summed E-state index contributed by atoms with van der Waals surface area (Å²) in [7, 11) is -3.67. The number of thiol groups is 1. The van der Waals surface area contributed by atoms with E-state index in [0.29, 0.717) is 6.42 Å². The van der Waals surface area contributed by atoms with E-state index >= 15 is 0 Å². The molecule has 0 aliphatic carbocycles. The highest BCUT2D eigenvalue weighted by Gasteiger charge is 1.98. The molecule has 0 unspecified atom stereocenters. The van der Waals surface area contributed by atoms with E-state index in [2.05, 4.69) is 19.6 Å². The summed E-state index contributed by atoms with van der Waals surface area (Å²) in [6.45, 7) is 3.79. The fourth-order valence-corrected chi connectivity index (χ4v) is 0.774. The zero-order valence-electron chi connectivity index (χ0n) is 6.95. The van der Waals surface area contributed by atoms with E-state index < -0.39 is 10.1 Å². The first-order chi connectivity index (χ1) is 4.97. The summed E-state index contributed by atoms with van der Waals surface area (Å²) in [5, 5.41) is 0. The molecule has 0 heterocycles. The highest BCUT2D eigenvalue weighted by molar-refractivity contribution is 7.85. The number of rotatable bonds is 3. The minimum atomic E-state index is -3.67. The van der Waals surface area contributed by atoms with Crippen molar-refractivity contribution in [2.24, 2.45) is 0 Å². The van der Waals surface area contributed by atoms with E-state index in [0.717, 1.165) is 5.75 Å². The van der Waals surface area contributed by atoms with Crippen molar-refractivity contribution in [3.8, 4) is 0 Å². The van der Waals surface area contributed by atoms with Gasteiger partial charge in [-0.25, -0.2) is 0 Å². The van der Waals surface area contributed by atoms with Gasteiger partial charge < -0.3 is 0 Å². The maximum Gasteiger partial charge on any atom is 0.264 e. The molecule has 0 saturated heterocycles. The van der Waals surface area contributed by atoms with Gasteiger partial charge in [0, 0.05) is 0 Å². The second kappa shape index (κ2) is 8.36. The van der Waals surface area contributed by atoms with Crippen molar-refractivity contribution >= 4 is 22.7 Å². The Hall–Kier alpha value is 0.260. The van der Waals surface area contributed by atoms with Gasteiger partial charge in [-0.3, -0.25) is 4.55 Å². The topological polar surface area (TPSA) is 54.4 Å². The largest absolute Gasteiger partial charge is 0.286 e. The summed E-state index contributed by atoms with van der Waals surface area (Å²) in [5.41, 5.74) is 0. The van der Waals surface area contributed by atoms with Crippen LogP contribution in [0.25, 0.3) is 0 Å². The zero-order valence-corrected chi connectivity index (χ0v) is 8.66. The summed E-state index contributed by atoms with van der Waals surface area (Å²) < 4.78 is 27.6.